The van der Waals surface area contributed by atoms with E-state index in [-0.39, 0.29) is 12.5 Å². The number of rotatable bonds is 9. The normalized spacial score (nSPS) is 16.3. The highest BCUT2D eigenvalue weighted by molar-refractivity contribution is 5.96. The number of benzene rings is 3. The van der Waals surface area contributed by atoms with Crippen molar-refractivity contribution in [1.82, 2.24) is 4.90 Å². The molecule has 0 aliphatic carbocycles. The Balaban J connectivity index is 1.53. The number of ether oxygens (including phenoxy) is 2. The first-order chi connectivity index (χ1) is 16.8. The van der Waals surface area contributed by atoms with Gasteiger partial charge >= 0.3 is 5.97 Å². The summed E-state index contributed by atoms with van der Waals surface area (Å²) in [5.41, 5.74) is 4.25. The van der Waals surface area contributed by atoms with E-state index in [2.05, 4.69) is 38.1 Å². The van der Waals surface area contributed by atoms with Gasteiger partial charge in [0.25, 0.3) is 5.91 Å². The Morgan fingerprint density at radius 3 is 2.46 bits per heavy atom. The van der Waals surface area contributed by atoms with Crippen molar-refractivity contribution in [1.29, 1.82) is 0 Å². The SMILES string of the molecule is CCc1ccc(C[C@@]2(C)Cc3cc(C(=O)N(CC(=O)O)Cc4ccccc4OC)ccc3O2)cc1. The third-order valence-corrected chi connectivity index (χ3v) is 6.40. The number of carbonyl (C=O) groups is 2. The van der Waals surface area contributed by atoms with Crippen molar-refractivity contribution in [2.45, 2.75) is 45.3 Å². The maximum atomic E-state index is 13.4. The highest BCUT2D eigenvalue weighted by atomic mass is 16.5. The molecule has 1 amide bonds. The molecular weight excluding hydrogens is 442 g/mol. The standard InChI is InChI=1S/C29H31NO5/c1-4-20-9-11-21(12-10-20)16-29(2)17-24-15-22(13-14-26(24)35-29)28(33)30(19-27(31)32)18-23-7-5-6-8-25(23)34-3/h5-15H,4,16-19H2,1-3H3,(H,31,32)/t29-/m0/s1. The van der Waals surface area contributed by atoms with E-state index in [1.807, 2.05) is 30.3 Å². The van der Waals surface area contributed by atoms with E-state index in [4.69, 9.17) is 9.47 Å². The smallest absolute Gasteiger partial charge is 0.323 e. The lowest BCUT2D eigenvalue weighted by Gasteiger charge is -2.24. The van der Waals surface area contributed by atoms with Gasteiger partial charge in [-0.15, -0.1) is 0 Å². The molecule has 0 radical (unpaired) electrons. The molecule has 182 valence electrons. The fourth-order valence-electron chi connectivity index (χ4n) is 4.66. The molecule has 1 atom stereocenters. The van der Waals surface area contributed by atoms with Crippen LogP contribution in [0.4, 0.5) is 0 Å². The van der Waals surface area contributed by atoms with Crippen molar-refractivity contribution >= 4 is 11.9 Å². The van der Waals surface area contributed by atoms with Crippen LogP contribution >= 0.6 is 0 Å². The van der Waals surface area contributed by atoms with Gasteiger partial charge in [-0.3, -0.25) is 9.59 Å². The molecule has 6 heteroatoms. The van der Waals surface area contributed by atoms with Crippen molar-refractivity contribution in [2.75, 3.05) is 13.7 Å². The number of nitrogens with zero attached hydrogens (tertiary/aromatic N) is 1. The number of hydrogen-bond acceptors (Lipinski definition) is 4. The minimum atomic E-state index is -1.07. The largest absolute Gasteiger partial charge is 0.496 e. The summed E-state index contributed by atoms with van der Waals surface area (Å²) in [6.45, 7) is 3.95. The second-order valence-electron chi connectivity index (χ2n) is 9.26. The van der Waals surface area contributed by atoms with Gasteiger partial charge in [0.2, 0.25) is 0 Å². The van der Waals surface area contributed by atoms with Crippen molar-refractivity contribution in [3.63, 3.8) is 0 Å². The van der Waals surface area contributed by atoms with Crippen LogP contribution in [0.5, 0.6) is 11.5 Å². The molecule has 0 saturated carbocycles. The first-order valence-corrected chi connectivity index (χ1v) is 11.8. The van der Waals surface area contributed by atoms with Crippen LogP contribution in [-0.4, -0.2) is 41.1 Å². The Hall–Kier alpha value is -3.80. The lowest BCUT2D eigenvalue weighted by atomic mass is 9.91. The van der Waals surface area contributed by atoms with Gasteiger partial charge in [0, 0.05) is 24.0 Å². The third-order valence-electron chi connectivity index (χ3n) is 6.40. The molecule has 0 saturated heterocycles. The number of aryl methyl sites for hydroxylation is 1. The van der Waals surface area contributed by atoms with Crippen LogP contribution in [0, 0.1) is 0 Å². The second kappa shape index (κ2) is 10.2. The fourth-order valence-corrected chi connectivity index (χ4v) is 4.66. The molecule has 0 aromatic heterocycles. The van der Waals surface area contributed by atoms with Gasteiger partial charge in [0.15, 0.2) is 0 Å². The van der Waals surface area contributed by atoms with Crippen LogP contribution in [0.15, 0.2) is 66.7 Å². The molecule has 0 fully saturated rings. The Morgan fingerprint density at radius 1 is 1.06 bits per heavy atom. The Morgan fingerprint density at radius 2 is 1.77 bits per heavy atom. The summed E-state index contributed by atoms with van der Waals surface area (Å²) < 4.78 is 11.7. The molecule has 6 nitrogen and oxygen atoms in total. The van der Waals surface area contributed by atoms with E-state index in [1.54, 1.807) is 19.2 Å². The highest BCUT2D eigenvalue weighted by Gasteiger charge is 2.35. The van der Waals surface area contributed by atoms with Crippen LogP contribution in [0.2, 0.25) is 0 Å². The van der Waals surface area contributed by atoms with Gasteiger partial charge in [0.1, 0.15) is 23.6 Å². The predicted octanol–water partition coefficient (Wildman–Crippen LogP) is 4.92. The quantitative estimate of drug-likeness (QED) is 0.477. The number of carboxylic acids is 1. The van der Waals surface area contributed by atoms with E-state index >= 15 is 0 Å². The molecule has 0 unspecified atom stereocenters. The van der Waals surface area contributed by atoms with E-state index in [9.17, 15) is 14.7 Å². The minimum absolute atomic E-state index is 0.133. The topological polar surface area (TPSA) is 76.1 Å². The summed E-state index contributed by atoms with van der Waals surface area (Å²) in [4.78, 5) is 26.2. The molecule has 1 aliphatic rings. The summed E-state index contributed by atoms with van der Waals surface area (Å²) in [7, 11) is 1.55. The molecule has 4 rings (SSSR count). The summed E-state index contributed by atoms with van der Waals surface area (Å²) in [5.74, 6) is -0.0335. The van der Waals surface area contributed by atoms with Crippen LogP contribution in [0.3, 0.4) is 0 Å². The van der Waals surface area contributed by atoms with E-state index in [0.717, 1.165) is 29.7 Å². The zero-order valence-corrected chi connectivity index (χ0v) is 20.4. The van der Waals surface area contributed by atoms with Crippen molar-refractivity contribution in [3.05, 3.63) is 94.5 Å². The molecule has 1 aliphatic heterocycles. The average molecular weight is 474 g/mol. The lowest BCUT2D eigenvalue weighted by molar-refractivity contribution is -0.137. The fraction of sp³-hybridized carbons (Fsp3) is 0.310. The van der Waals surface area contributed by atoms with Gasteiger partial charge in [0.05, 0.1) is 13.7 Å². The summed E-state index contributed by atoms with van der Waals surface area (Å²) >= 11 is 0. The number of carboxylic acid groups (broad SMARTS) is 1. The van der Waals surface area contributed by atoms with Crippen LogP contribution in [0.1, 0.15) is 46.5 Å². The molecule has 3 aromatic rings. The van der Waals surface area contributed by atoms with Gasteiger partial charge in [-0.05, 0) is 54.3 Å². The molecular formula is C29H31NO5. The van der Waals surface area contributed by atoms with Crippen LogP contribution in [0.25, 0.3) is 0 Å². The first-order valence-electron chi connectivity index (χ1n) is 11.8. The van der Waals surface area contributed by atoms with Gasteiger partial charge in [-0.25, -0.2) is 0 Å². The number of fused-ring (bicyclic) bond motifs is 1. The first kappa shape index (κ1) is 24.3. The summed E-state index contributed by atoms with van der Waals surface area (Å²) in [5, 5.41) is 9.44. The van der Waals surface area contributed by atoms with Crippen molar-refractivity contribution in [2.24, 2.45) is 0 Å². The molecule has 0 bridgehead atoms. The maximum Gasteiger partial charge on any atom is 0.323 e. The Kier molecular flexibility index (Phi) is 7.10. The number of aliphatic carboxylic acids is 1. The van der Waals surface area contributed by atoms with E-state index in [0.29, 0.717) is 17.7 Å². The van der Waals surface area contributed by atoms with Crippen LogP contribution < -0.4 is 9.47 Å². The van der Waals surface area contributed by atoms with Gasteiger partial charge in [-0.1, -0.05) is 49.4 Å². The zero-order chi connectivity index (χ0) is 25.0. The van der Waals surface area contributed by atoms with Gasteiger partial charge < -0.3 is 19.5 Å². The number of methoxy groups -OCH3 is 1. The number of hydrogen-bond donors (Lipinski definition) is 1. The monoisotopic (exact) mass is 473 g/mol. The molecule has 0 spiro atoms. The highest BCUT2D eigenvalue weighted by Crippen LogP contribution is 2.38. The predicted molar refractivity (Wildman–Crippen MR) is 134 cm³/mol. The minimum Gasteiger partial charge on any atom is -0.496 e. The van der Waals surface area contributed by atoms with E-state index < -0.39 is 18.1 Å². The van der Waals surface area contributed by atoms with Crippen molar-refractivity contribution < 1.29 is 24.2 Å². The molecule has 1 heterocycles. The zero-order valence-electron chi connectivity index (χ0n) is 20.4. The van der Waals surface area contributed by atoms with E-state index in [1.165, 1.54) is 16.0 Å². The second-order valence-corrected chi connectivity index (χ2v) is 9.26. The number of carbonyl (C=O) groups excluding carboxylic acids is 1. The van der Waals surface area contributed by atoms with Crippen molar-refractivity contribution in [3.8, 4) is 11.5 Å². The number of amides is 1. The number of para-hydroxylation sites is 1. The Bertz CT molecular complexity index is 1220. The maximum absolute atomic E-state index is 13.4. The third kappa shape index (κ3) is 5.65. The van der Waals surface area contributed by atoms with Crippen LogP contribution in [-0.2, 0) is 30.6 Å². The average Bonchev–Trinajstić information content (AvgIpc) is 3.18. The van der Waals surface area contributed by atoms with Gasteiger partial charge in [-0.2, -0.15) is 0 Å². The molecule has 35 heavy (non-hydrogen) atoms. The molecule has 3 aromatic carbocycles. The summed E-state index contributed by atoms with van der Waals surface area (Å²) in [6.07, 6.45) is 2.44. The Labute approximate surface area is 206 Å². The lowest BCUT2D eigenvalue weighted by Crippen LogP contribution is -2.35. The molecule has 1 N–H and O–H groups in total. The summed E-state index contributed by atoms with van der Waals surface area (Å²) in [6, 6.07) is 21.2.